The average Bonchev–Trinajstić information content (AvgIpc) is 2.48. The Balaban J connectivity index is 1.98. The summed E-state index contributed by atoms with van der Waals surface area (Å²) in [5.41, 5.74) is 0.291. The van der Waals surface area contributed by atoms with Crippen LogP contribution in [0.15, 0.2) is 29.2 Å². The molecule has 0 aliphatic heterocycles. The highest BCUT2D eigenvalue weighted by Gasteiger charge is 2.18. The van der Waals surface area contributed by atoms with Crippen molar-refractivity contribution in [2.45, 2.75) is 51.0 Å². The molecule has 1 aromatic carbocycles. The summed E-state index contributed by atoms with van der Waals surface area (Å²) in [7, 11) is -1.53. The number of hydrogen-bond acceptors (Lipinski definition) is 4. The van der Waals surface area contributed by atoms with E-state index >= 15 is 0 Å². The van der Waals surface area contributed by atoms with Crippen LogP contribution in [0.25, 0.3) is 10.8 Å². The number of aromatic nitrogens is 2. The van der Waals surface area contributed by atoms with Gasteiger partial charge in [0.25, 0.3) is 5.56 Å². The summed E-state index contributed by atoms with van der Waals surface area (Å²) in [5, 5.41) is 24.0. The van der Waals surface area contributed by atoms with Crippen LogP contribution in [0.1, 0.15) is 51.0 Å². The lowest BCUT2D eigenvalue weighted by Gasteiger charge is -2.21. The number of benzene rings is 1. The number of hydrogen-bond donors (Lipinski definition) is 2. The summed E-state index contributed by atoms with van der Waals surface area (Å²) in [4.78, 5) is 12.7. The highest BCUT2D eigenvalue weighted by atomic mass is 16.4. The maximum atomic E-state index is 12.7. The second kappa shape index (κ2) is 6.63. The zero-order valence-corrected chi connectivity index (χ0v) is 12.6. The molecule has 3 rings (SSSR count). The topological polar surface area (TPSA) is 75.3 Å². The van der Waals surface area contributed by atoms with Crippen LogP contribution >= 0.6 is 0 Å². The fraction of sp³-hybridized carbons (Fsp3) is 0.500. The molecule has 5 nitrogen and oxygen atoms in total. The van der Waals surface area contributed by atoms with Crippen LogP contribution < -0.4 is 11.0 Å². The predicted octanol–water partition coefficient (Wildman–Crippen LogP) is 1.36. The Labute approximate surface area is 129 Å². The van der Waals surface area contributed by atoms with Gasteiger partial charge in [-0.25, -0.2) is 4.68 Å². The highest BCUT2D eigenvalue weighted by molar-refractivity contribution is 6.58. The molecule has 0 saturated heterocycles. The van der Waals surface area contributed by atoms with Crippen molar-refractivity contribution in [1.82, 2.24) is 9.78 Å². The molecule has 116 valence electrons. The van der Waals surface area contributed by atoms with Gasteiger partial charge in [-0.15, -0.1) is 0 Å². The fourth-order valence-corrected chi connectivity index (χ4v) is 3.28. The molecular formula is C16H21BN2O3. The first-order valence-electron chi connectivity index (χ1n) is 8.04. The van der Waals surface area contributed by atoms with Gasteiger partial charge in [0.1, 0.15) is 0 Å². The van der Waals surface area contributed by atoms with E-state index in [0.717, 1.165) is 25.7 Å². The second-order valence-electron chi connectivity index (χ2n) is 6.11. The Bertz CT molecular complexity index is 706. The molecule has 2 N–H and O–H groups in total. The largest absolute Gasteiger partial charge is 0.488 e. The van der Waals surface area contributed by atoms with Crippen LogP contribution in [0.3, 0.4) is 0 Å². The van der Waals surface area contributed by atoms with Crippen molar-refractivity contribution in [1.29, 1.82) is 0 Å². The zero-order valence-electron chi connectivity index (χ0n) is 12.6. The van der Waals surface area contributed by atoms with E-state index in [9.17, 15) is 14.8 Å². The van der Waals surface area contributed by atoms with Crippen molar-refractivity contribution < 1.29 is 10.0 Å². The quantitative estimate of drug-likeness (QED) is 0.821. The Morgan fingerprint density at radius 2 is 1.77 bits per heavy atom. The van der Waals surface area contributed by atoms with Crippen molar-refractivity contribution in [3.05, 3.63) is 34.7 Å². The Kier molecular flexibility index (Phi) is 4.59. The molecule has 1 aliphatic rings. The molecule has 1 aliphatic carbocycles. The van der Waals surface area contributed by atoms with Gasteiger partial charge < -0.3 is 10.0 Å². The van der Waals surface area contributed by atoms with Gasteiger partial charge in [0.2, 0.25) is 0 Å². The summed E-state index contributed by atoms with van der Waals surface area (Å²) in [5.74, 6) is 0. The van der Waals surface area contributed by atoms with Crippen LogP contribution in [0.4, 0.5) is 0 Å². The van der Waals surface area contributed by atoms with Gasteiger partial charge in [-0.2, -0.15) is 5.10 Å². The summed E-state index contributed by atoms with van der Waals surface area (Å²) in [6.45, 7) is 0. The molecule has 0 radical (unpaired) electrons. The smallest absolute Gasteiger partial charge is 0.423 e. The van der Waals surface area contributed by atoms with E-state index in [1.165, 1.54) is 19.3 Å². The van der Waals surface area contributed by atoms with E-state index in [1.54, 1.807) is 29.1 Å². The van der Waals surface area contributed by atoms with E-state index in [2.05, 4.69) is 5.10 Å². The van der Waals surface area contributed by atoms with Crippen LogP contribution in [-0.2, 0) is 0 Å². The van der Waals surface area contributed by atoms with Gasteiger partial charge in [-0.05, 0) is 24.4 Å². The lowest BCUT2D eigenvalue weighted by atomic mass is 9.80. The van der Waals surface area contributed by atoms with Crippen molar-refractivity contribution in [2.24, 2.45) is 0 Å². The van der Waals surface area contributed by atoms with Gasteiger partial charge in [-0.3, -0.25) is 4.79 Å². The summed E-state index contributed by atoms with van der Waals surface area (Å²) < 4.78 is 1.63. The lowest BCUT2D eigenvalue weighted by molar-refractivity contribution is 0.338. The van der Waals surface area contributed by atoms with Crippen molar-refractivity contribution in [2.75, 3.05) is 0 Å². The molecular weight excluding hydrogens is 279 g/mol. The van der Waals surface area contributed by atoms with E-state index < -0.39 is 7.12 Å². The first-order chi connectivity index (χ1) is 10.7. The van der Waals surface area contributed by atoms with Crippen LogP contribution in [0.5, 0.6) is 0 Å². The average molecular weight is 300 g/mol. The Morgan fingerprint density at radius 1 is 1.09 bits per heavy atom. The molecule has 0 bridgehead atoms. The van der Waals surface area contributed by atoms with Gasteiger partial charge in [0, 0.05) is 5.39 Å². The maximum absolute atomic E-state index is 12.7. The van der Waals surface area contributed by atoms with Crippen LogP contribution in [0, 0.1) is 0 Å². The summed E-state index contributed by atoms with van der Waals surface area (Å²) in [6, 6.07) is 5.03. The Morgan fingerprint density at radius 3 is 2.45 bits per heavy atom. The molecule has 1 fully saturated rings. The summed E-state index contributed by atoms with van der Waals surface area (Å²) >= 11 is 0. The normalized spacial score (nSPS) is 17.2. The maximum Gasteiger partial charge on any atom is 0.488 e. The fourth-order valence-electron chi connectivity index (χ4n) is 3.28. The van der Waals surface area contributed by atoms with E-state index in [-0.39, 0.29) is 11.6 Å². The lowest BCUT2D eigenvalue weighted by Crippen LogP contribution is -2.31. The van der Waals surface area contributed by atoms with E-state index in [4.69, 9.17) is 0 Å². The molecule has 1 saturated carbocycles. The minimum atomic E-state index is -1.53. The van der Waals surface area contributed by atoms with E-state index in [1.807, 2.05) is 0 Å². The Hall–Kier alpha value is -1.66. The molecule has 22 heavy (non-hydrogen) atoms. The van der Waals surface area contributed by atoms with Gasteiger partial charge in [0.05, 0.1) is 17.6 Å². The zero-order chi connectivity index (χ0) is 15.5. The highest BCUT2D eigenvalue weighted by Crippen LogP contribution is 2.25. The number of nitrogens with zero attached hydrogens (tertiary/aromatic N) is 2. The summed E-state index contributed by atoms with van der Waals surface area (Å²) in [6.07, 6.45) is 9.71. The van der Waals surface area contributed by atoms with Gasteiger partial charge >= 0.3 is 7.12 Å². The third-order valence-electron chi connectivity index (χ3n) is 4.55. The van der Waals surface area contributed by atoms with Crippen LogP contribution in [0.2, 0.25) is 0 Å². The molecule has 1 aromatic heterocycles. The molecule has 0 atom stereocenters. The van der Waals surface area contributed by atoms with E-state index in [0.29, 0.717) is 16.2 Å². The van der Waals surface area contributed by atoms with Gasteiger partial charge in [-0.1, -0.05) is 44.2 Å². The minimum absolute atomic E-state index is 0.0814. The molecule has 2 aromatic rings. The van der Waals surface area contributed by atoms with Crippen LogP contribution in [-0.4, -0.2) is 26.9 Å². The first kappa shape index (κ1) is 15.2. The standard InChI is InChI=1S/C16H21BN2O3/c20-16-15-9-8-13(17(21)22)10-12(15)11-18-19(16)14-6-4-2-1-3-5-7-14/h8-11,14,21-22H,1-7H2. The third-order valence-corrected chi connectivity index (χ3v) is 4.55. The SMILES string of the molecule is O=c1c2ccc(B(O)O)cc2cnn1C1CCCCCCC1. The third kappa shape index (κ3) is 3.08. The minimum Gasteiger partial charge on any atom is -0.423 e. The number of fused-ring (bicyclic) bond motifs is 1. The predicted molar refractivity (Wildman–Crippen MR) is 87.2 cm³/mol. The van der Waals surface area contributed by atoms with Crippen molar-refractivity contribution in [3.8, 4) is 0 Å². The molecule has 0 amide bonds. The van der Waals surface area contributed by atoms with Crippen molar-refractivity contribution in [3.63, 3.8) is 0 Å². The number of rotatable bonds is 2. The molecule has 0 unspecified atom stereocenters. The molecule has 1 heterocycles. The monoisotopic (exact) mass is 300 g/mol. The molecule has 6 heteroatoms. The van der Waals surface area contributed by atoms with Gasteiger partial charge in [0.15, 0.2) is 0 Å². The van der Waals surface area contributed by atoms with Crippen molar-refractivity contribution >= 4 is 23.4 Å². The second-order valence-corrected chi connectivity index (χ2v) is 6.11. The molecule has 0 spiro atoms. The first-order valence-corrected chi connectivity index (χ1v) is 8.04.